The highest BCUT2D eigenvalue weighted by Gasteiger charge is 2.10. The highest BCUT2D eigenvalue weighted by molar-refractivity contribution is 9.10. The van der Waals surface area contributed by atoms with Gasteiger partial charge in [0.05, 0.1) is 12.2 Å². The van der Waals surface area contributed by atoms with Crippen LogP contribution in [0.2, 0.25) is 0 Å². The maximum atomic E-state index is 3.74. The lowest BCUT2D eigenvalue weighted by atomic mass is 10.2. The van der Waals surface area contributed by atoms with E-state index in [1.807, 2.05) is 11.3 Å². The quantitative estimate of drug-likeness (QED) is 0.658. The summed E-state index contributed by atoms with van der Waals surface area (Å²) in [6.45, 7) is 8.37. The molecule has 1 N–H and O–H groups in total. The highest BCUT2D eigenvalue weighted by atomic mass is 79.9. The van der Waals surface area contributed by atoms with Crippen LogP contribution < -0.4 is 10.2 Å². The molecule has 0 saturated carbocycles. The minimum absolute atomic E-state index is 0.934. The largest absolute Gasteiger partial charge is 0.366 e. The van der Waals surface area contributed by atoms with Gasteiger partial charge in [-0.05, 0) is 65.0 Å². The van der Waals surface area contributed by atoms with Crippen molar-refractivity contribution in [1.29, 1.82) is 0 Å². The molecule has 1 aromatic carbocycles. The van der Waals surface area contributed by atoms with Crippen LogP contribution in [0.5, 0.6) is 0 Å². The molecule has 114 valence electrons. The van der Waals surface area contributed by atoms with Gasteiger partial charge in [0, 0.05) is 22.4 Å². The predicted octanol–water partition coefficient (Wildman–Crippen LogP) is 5.04. The van der Waals surface area contributed by atoms with Gasteiger partial charge in [-0.3, -0.25) is 0 Å². The van der Waals surface area contributed by atoms with Gasteiger partial charge in [-0.1, -0.05) is 19.1 Å². The van der Waals surface area contributed by atoms with E-state index < -0.39 is 0 Å². The van der Waals surface area contributed by atoms with E-state index in [1.54, 1.807) is 0 Å². The summed E-state index contributed by atoms with van der Waals surface area (Å²) in [6.07, 6.45) is 1.17. The first-order valence-electron chi connectivity index (χ1n) is 7.51. The van der Waals surface area contributed by atoms with Crippen molar-refractivity contribution >= 4 is 33.0 Å². The normalized spacial score (nSPS) is 10.8. The summed E-state index contributed by atoms with van der Waals surface area (Å²) < 4.78 is 1.18. The number of halogens is 1. The minimum atomic E-state index is 0.934. The number of rotatable bonds is 8. The second-order valence-electron chi connectivity index (χ2n) is 5.06. The van der Waals surface area contributed by atoms with Gasteiger partial charge in [-0.15, -0.1) is 11.3 Å². The molecule has 2 rings (SSSR count). The van der Waals surface area contributed by atoms with E-state index in [9.17, 15) is 0 Å². The molecule has 21 heavy (non-hydrogen) atoms. The molecule has 0 aliphatic heterocycles. The molecule has 0 amide bonds. The lowest BCUT2D eigenvalue weighted by Gasteiger charge is -2.24. The van der Waals surface area contributed by atoms with Crippen molar-refractivity contribution in [3.63, 3.8) is 0 Å². The first kappa shape index (κ1) is 16.5. The number of nitrogens with zero attached hydrogens (tertiary/aromatic N) is 1. The molecule has 0 aliphatic rings. The van der Waals surface area contributed by atoms with Gasteiger partial charge in [-0.2, -0.15) is 0 Å². The van der Waals surface area contributed by atoms with Crippen molar-refractivity contribution in [2.24, 2.45) is 0 Å². The van der Waals surface area contributed by atoms with Crippen LogP contribution in [0, 0.1) is 0 Å². The number of thiophene rings is 1. The molecular formula is C17H23BrN2S. The van der Waals surface area contributed by atoms with E-state index in [-0.39, 0.29) is 0 Å². The summed E-state index contributed by atoms with van der Waals surface area (Å²) in [4.78, 5) is 3.80. The summed E-state index contributed by atoms with van der Waals surface area (Å²) >= 11 is 5.55. The third-order valence-electron chi connectivity index (χ3n) is 3.42. The van der Waals surface area contributed by atoms with Crippen molar-refractivity contribution in [2.75, 3.05) is 18.0 Å². The predicted molar refractivity (Wildman–Crippen MR) is 97.2 cm³/mol. The molecule has 0 atom stereocenters. The van der Waals surface area contributed by atoms with Gasteiger partial charge >= 0.3 is 0 Å². The Kier molecular flexibility index (Phi) is 6.74. The maximum Gasteiger partial charge on any atom is 0.0523 e. The minimum Gasteiger partial charge on any atom is -0.366 e. The topological polar surface area (TPSA) is 15.3 Å². The number of hydrogen-bond acceptors (Lipinski definition) is 3. The summed E-state index contributed by atoms with van der Waals surface area (Å²) in [7, 11) is 0. The molecule has 0 fully saturated rings. The Balaban J connectivity index is 2.07. The molecule has 0 saturated heterocycles. The number of hydrogen-bond donors (Lipinski definition) is 1. The highest BCUT2D eigenvalue weighted by Crippen LogP contribution is 2.29. The van der Waals surface area contributed by atoms with Gasteiger partial charge in [0.2, 0.25) is 0 Å². The van der Waals surface area contributed by atoms with Crippen LogP contribution >= 0.6 is 27.3 Å². The Hall–Kier alpha value is -0.840. The first-order chi connectivity index (χ1) is 10.2. The molecule has 1 heterocycles. The number of anilines is 1. The summed E-state index contributed by atoms with van der Waals surface area (Å²) in [5, 5.41) is 5.58. The van der Waals surface area contributed by atoms with E-state index >= 15 is 0 Å². The molecule has 4 heteroatoms. The van der Waals surface area contributed by atoms with E-state index in [4.69, 9.17) is 0 Å². The maximum absolute atomic E-state index is 3.74. The van der Waals surface area contributed by atoms with Crippen LogP contribution in [0.3, 0.4) is 0 Å². The molecule has 0 radical (unpaired) electrons. The van der Waals surface area contributed by atoms with Crippen LogP contribution in [0.1, 0.15) is 30.7 Å². The second-order valence-corrected chi connectivity index (χ2v) is 6.94. The van der Waals surface area contributed by atoms with Crippen LogP contribution in [0.4, 0.5) is 5.69 Å². The lowest BCUT2D eigenvalue weighted by molar-refractivity contribution is 0.675. The second kappa shape index (κ2) is 8.57. The summed E-state index contributed by atoms with van der Waals surface area (Å²) in [5.74, 6) is 0. The van der Waals surface area contributed by atoms with E-state index in [2.05, 4.69) is 75.7 Å². The van der Waals surface area contributed by atoms with Crippen molar-refractivity contribution < 1.29 is 0 Å². The monoisotopic (exact) mass is 366 g/mol. The average Bonchev–Trinajstić information content (AvgIpc) is 2.99. The molecule has 0 unspecified atom stereocenters. The molecule has 0 aliphatic carbocycles. The third-order valence-corrected chi connectivity index (χ3v) is 4.91. The van der Waals surface area contributed by atoms with E-state index in [0.717, 1.165) is 26.2 Å². The van der Waals surface area contributed by atoms with Crippen molar-refractivity contribution in [3.05, 3.63) is 50.6 Å². The Labute approximate surface area is 140 Å². The van der Waals surface area contributed by atoms with Crippen molar-refractivity contribution in [1.82, 2.24) is 5.32 Å². The van der Waals surface area contributed by atoms with Crippen LogP contribution in [0.15, 0.2) is 40.2 Å². The van der Waals surface area contributed by atoms with Crippen LogP contribution in [-0.4, -0.2) is 13.1 Å². The Bertz CT molecular complexity index is 540. The van der Waals surface area contributed by atoms with E-state index in [1.165, 1.54) is 27.0 Å². The van der Waals surface area contributed by atoms with Crippen LogP contribution in [-0.2, 0) is 13.1 Å². The fourth-order valence-electron chi connectivity index (χ4n) is 2.28. The molecule has 2 aromatic rings. The zero-order valence-electron chi connectivity index (χ0n) is 12.7. The van der Waals surface area contributed by atoms with Gasteiger partial charge in [0.15, 0.2) is 0 Å². The number of benzene rings is 1. The van der Waals surface area contributed by atoms with Gasteiger partial charge in [-0.25, -0.2) is 0 Å². The molecule has 2 nitrogen and oxygen atoms in total. The van der Waals surface area contributed by atoms with Gasteiger partial charge in [0.25, 0.3) is 0 Å². The molecular weight excluding hydrogens is 344 g/mol. The Morgan fingerprint density at radius 1 is 1.24 bits per heavy atom. The lowest BCUT2D eigenvalue weighted by Crippen LogP contribution is -2.22. The number of nitrogens with one attached hydrogen (secondary N) is 1. The smallest absolute Gasteiger partial charge is 0.0523 e. The zero-order valence-corrected chi connectivity index (χ0v) is 15.1. The zero-order chi connectivity index (χ0) is 15.1. The SMILES string of the molecule is CCCNCc1ccc(N(CC)Cc2cccs2)c(Br)c1. The summed E-state index contributed by atoms with van der Waals surface area (Å²) in [6, 6.07) is 11.0. The molecule has 0 spiro atoms. The molecule has 1 aromatic heterocycles. The standard InChI is InChI=1S/C17H23BrN2S/c1-3-9-19-12-14-7-8-17(16(18)11-14)20(4-2)13-15-6-5-10-21-15/h5-8,10-11,19H,3-4,9,12-13H2,1-2H3. The first-order valence-corrected chi connectivity index (χ1v) is 9.18. The molecule has 0 bridgehead atoms. The summed E-state index contributed by atoms with van der Waals surface area (Å²) in [5.41, 5.74) is 2.59. The Morgan fingerprint density at radius 3 is 2.71 bits per heavy atom. The third kappa shape index (κ3) is 4.83. The fourth-order valence-corrected chi connectivity index (χ4v) is 3.68. The van der Waals surface area contributed by atoms with Crippen LogP contribution in [0.25, 0.3) is 0 Å². The van der Waals surface area contributed by atoms with E-state index in [0.29, 0.717) is 0 Å². The van der Waals surface area contributed by atoms with Crippen molar-refractivity contribution in [3.8, 4) is 0 Å². The van der Waals surface area contributed by atoms with Crippen molar-refractivity contribution in [2.45, 2.75) is 33.4 Å². The van der Waals surface area contributed by atoms with Gasteiger partial charge in [0.1, 0.15) is 0 Å². The average molecular weight is 367 g/mol. The fraction of sp³-hybridized carbons (Fsp3) is 0.412. The Morgan fingerprint density at radius 2 is 2.10 bits per heavy atom. The van der Waals surface area contributed by atoms with Gasteiger partial charge < -0.3 is 10.2 Å².